The lowest BCUT2D eigenvalue weighted by Crippen LogP contribution is -2.39. The zero-order chi connectivity index (χ0) is 11.0. The predicted octanol–water partition coefficient (Wildman–Crippen LogP) is 2.96. The van der Waals surface area contributed by atoms with Crippen molar-refractivity contribution in [3.63, 3.8) is 0 Å². The summed E-state index contributed by atoms with van der Waals surface area (Å²) in [5.74, 6) is 0. The highest BCUT2D eigenvalue weighted by atomic mass is 16.5. The van der Waals surface area contributed by atoms with Gasteiger partial charge in [-0.1, -0.05) is 37.3 Å². The molecule has 0 saturated carbocycles. The molecule has 0 N–H and O–H groups in total. The van der Waals surface area contributed by atoms with Crippen LogP contribution in [0.3, 0.4) is 0 Å². The number of ether oxygens (including phenoxy) is 1. The van der Waals surface area contributed by atoms with Crippen LogP contribution in [0.25, 0.3) is 0 Å². The van der Waals surface area contributed by atoms with Gasteiger partial charge in [0, 0.05) is 6.54 Å². The highest BCUT2D eigenvalue weighted by Crippen LogP contribution is 2.45. The molecule has 86 valence electrons. The number of rotatable bonds is 2. The van der Waals surface area contributed by atoms with E-state index in [0.717, 1.165) is 13.0 Å². The van der Waals surface area contributed by atoms with Crippen LogP contribution < -0.4 is 0 Å². The van der Waals surface area contributed by atoms with Crippen LogP contribution >= 0.6 is 0 Å². The number of benzene rings is 1. The summed E-state index contributed by atoms with van der Waals surface area (Å²) in [6.07, 6.45) is 3.58. The monoisotopic (exact) mass is 217 g/mol. The molecule has 2 aliphatic heterocycles. The van der Waals surface area contributed by atoms with Crippen LogP contribution in [0, 0.1) is 0 Å². The first-order valence-corrected chi connectivity index (χ1v) is 6.31. The second-order valence-electron chi connectivity index (χ2n) is 4.83. The van der Waals surface area contributed by atoms with Crippen LogP contribution in [0.15, 0.2) is 30.3 Å². The highest BCUT2D eigenvalue weighted by Gasteiger charge is 2.49. The first-order valence-electron chi connectivity index (χ1n) is 6.31. The third-order valence-electron chi connectivity index (χ3n) is 4.11. The molecule has 0 unspecified atom stereocenters. The molecule has 2 heterocycles. The molecule has 2 aliphatic rings. The van der Waals surface area contributed by atoms with Crippen LogP contribution in [0.2, 0.25) is 0 Å². The maximum atomic E-state index is 6.11. The van der Waals surface area contributed by atoms with E-state index in [-0.39, 0.29) is 5.72 Å². The SMILES string of the molecule is CC[C@]12CCCN1[C@H](c1ccccc1)CO2. The maximum Gasteiger partial charge on any atom is 0.122 e. The summed E-state index contributed by atoms with van der Waals surface area (Å²) in [7, 11) is 0. The summed E-state index contributed by atoms with van der Waals surface area (Å²) in [4.78, 5) is 2.57. The molecule has 2 atom stereocenters. The fraction of sp³-hybridized carbons (Fsp3) is 0.571. The lowest BCUT2D eigenvalue weighted by molar-refractivity contribution is -0.0633. The van der Waals surface area contributed by atoms with Gasteiger partial charge in [0.25, 0.3) is 0 Å². The van der Waals surface area contributed by atoms with E-state index in [1.165, 1.54) is 24.9 Å². The number of hydrogen-bond donors (Lipinski definition) is 0. The summed E-state index contributed by atoms with van der Waals surface area (Å²) in [5.41, 5.74) is 1.46. The Hall–Kier alpha value is -0.860. The molecule has 1 aromatic carbocycles. The molecule has 0 aliphatic carbocycles. The van der Waals surface area contributed by atoms with Crippen LogP contribution in [0.1, 0.15) is 37.8 Å². The van der Waals surface area contributed by atoms with Crippen molar-refractivity contribution in [2.45, 2.75) is 38.0 Å². The molecule has 0 amide bonds. The smallest absolute Gasteiger partial charge is 0.122 e. The van der Waals surface area contributed by atoms with E-state index < -0.39 is 0 Å². The minimum Gasteiger partial charge on any atom is -0.358 e. The zero-order valence-corrected chi connectivity index (χ0v) is 9.86. The Morgan fingerprint density at radius 1 is 1.38 bits per heavy atom. The average Bonchev–Trinajstić information content (AvgIpc) is 2.88. The van der Waals surface area contributed by atoms with Gasteiger partial charge in [-0.15, -0.1) is 0 Å². The van der Waals surface area contributed by atoms with Gasteiger partial charge >= 0.3 is 0 Å². The molecular weight excluding hydrogens is 198 g/mol. The summed E-state index contributed by atoms with van der Waals surface area (Å²) < 4.78 is 6.11. The fourth-order valence-corrected chi connectivity index (χ4v) is 3.23. The molecule has 1 aromatic rings. The number of hydrogen-bond acceptors (Lipinski definition) is 2. The van der Waals surface area contributed by atoms with Crippen molar-refractivity contribution in [2.75, 3.05) is 13.2 Å². The summed E-state index contributed by atoms with van der Waals surface area (Å²) in [5, 5.41) is 0. The molecule has 2 nitrogen and oxygen atoms in total. The van der Waals surface area contributed by atoms with E-state index in [1.807, 2.05) is 0 Å². The van der Waals surface area contributed by atoms with Gasteiger partial charge in [-0.3, -0.25) is 4.90 Å². The minimum absolute atomic E-state index is 0.0561. The standard InChI is InChI=1S/C14H19NO/c1-2-14-9-6-10-15(14)13(11-16-14)12-7-4-3-5-8-12/h3-5,7-8,13H,2,6,9-11H2,1H3/t13-,14-/m0/s1. The van der Waals surface area contributed by atoms with Crippen LogP contribution in [-0.2, 0) is 4.74 Å². The van der Waals surface area contributed by atoms with E-state index in [1.54, 1.807) is 0 Å². The molecule has 3 rings (SSSR count). The molecule has 0 spiro atoms. The van der Waals surface area contributed by atoms with Crippen LogP contribution in [-0.4, -0.2) is 23.8 Å². The van der Waals surface area contributed by atoms with Crippen molar-refractivity contribution in [3.05, 3.63) is 35.9 Å². The normalized spacial score (nSPS) is 34.2. The van der Waals surface area contributed by atoms with E-state index in [0.29, 0.717) is 6.04 Å². The van der Waals surface area contributed by atoms with E-state index in [2.05, 4.69) is 42.2 Å². The molecule has 0 bridgehead atoms. The molecule has 2 saturated heterocycles. The first-order chi connectivity index (χ1) is 7.86. The largest absolute Gasteiger partial charge is 0.358 e. The Kier molecular flexibility index (Phi) is 2.49. The lowest BCUT2D eigenvalue weighted by atomic mass is 10.0. The van der Waals surface area contributed by atoms with Crippen molar-refractivity contribution in [2.24, 2.45) is 0 Å². The fourth-order valence-electron chi connectivity index (χ4n) is 3.23. The molecule has 0 aromatic heterocycles. The van der Waals surface area contributed by atoms with Gasteiger partial charge in [0.15, 0.2) is 0 Å². The van der Waals surface area contributed by atoms with Crippen molar-refractivity contribution < 1.29 is 4.74 Å². The quantitative estimate of drug-likeness (QED) is 0.755. The summed E-state index contributed by atoms with van der Waals surface area (Å²) >= 11 is 0. The van der Waals surface area contributed by atoms with Crippen LogP contribution in [0.5, 0.6) is 0 Å². The van der Waals surface area contributed by atoms with E-state index in [4.69, 9.17) is 4.74 Å². The van der Waals surface area contributed by atoms with Gasteiger partial charge in [0.05, 0.1) is 12.6 Å². The topological polar surface area (TPSA) is 12.5 Å². The van der Waals surface area contributed by atoms with Gasteiger partial charge < -0.3 is 4.74 Å². The summed E-state index contributed by atoms with van der Waals surface area (Å²) in [6, 6.07) is 11.2. The van der Waals surface area contributed by atoms with E-state index in [9.17, 15) is 0 Å². The Balaban J connectivity index is 1.90. The summed E-state index contributed by atoms with van der Waals surface area (Å²) in [6.45, 7) is 4.29. The van der Waals surface area contributed by atoms with Gasteiger partial charge in [-0.2, -0.15) is 0 Å². The number of fused-ring (bicyclic) bond motifs is 1. The first kappa shape index (κ1) is 10.3. The average molecular weight is 217 g/mol. The molecule has 0 radical (unpaired) electrons. The molecule has 16 heavy (non-hydrogen) atoms. The minimum atomic E-state index is 0.0561. The van der Waals surface area contributed by atoms with Crippen molar-refractivity contribution in [1.82, 2.24) is 4.90 Å². The second-order valence-corrected chi connectivity index (χ2v) is 4.83. The van der Waals surface area contributed by atoms with Crippen LogP contribution in [0.4, 0.5) is 0 Å². The highest BCUT2D eigenvalue weighted by molar-refractivity contribution is 5.21. The zero-order valence-electron chi connectivity index (χ0n) is 9.86. The Morgan fingerprint density at radius 3 is 2.94 bits per heavy atom. The Labute approximate surface area is 97.2 Å². The maximum absolute atomic E-state index is 6.11. The van der Waals surface area contributed by atoms with Crippen molar-refractivity contribution in [3.8, 4) is 0 Å². The van der Waals surface area contributed by atoms with Crippen molar-refractivity contribution in [1.29, 1.82) is 0 Å². The molecular formula is C14H19NO. The van der Waals surface area contributed by atoms with E-state index >= 15 is 0 Å². The van der Waals surface area contributed by atoms with Gasteiger partial charge in [-0.05, 0) is 24.8 Å². The third-order valence-corrected chi connectivity index (χ3v) is 4.11. The van der Waals surface area contributed by atoms with Gasteiger partial charge in [0.1, 0.15) is 5.72 Å². The van der Waals surface area contributed by atoms with Gasteiger partial charge in [-0.25, -0.2) is 0 Å². The lowest BCUT2D eigenvalue weighted by Gasteiger charge is -2.32. The second kappa shape index (κ2) is 3.86. The molecule has 2 fully saturated rings. The Bertz CT molecular complexity index is 364. The molecule has 2 heteroatoms. The predicted molar refractivity (Wildman–Crippen MR) is 64.1 cm³/mol. The van der Waals surface area contributed by atoms with Crippen molar-refractivity contribution >= 4 is 0 Å². The van der Waals surface area contributed by atoms with Gasteiger partial charge in [0.2, 0.25) is 0 Å². The number of nitrogens with zero attached hydrogens (tertiary/aromatic N) is 1. The Morgan fingerprint density at radius 2 is 2.19 bits per heavy atom. The third kappa shape index (κ3) is 1.40.